The number of alkyl halides is 1. The summed E-state index contributed by atoms with van der Waals surface area (Å²) in [5, 5.41) is 0.919. The van der Waals surface area contributed by atoms with Crippen molar-refractivity contribution in [3.05, 3.63) is 17.7 Å². The van der Waals surface area contributed by atoms with E-state index in [1.165, 1.54) is 0 Å². The zero-order chi connectivity index (χ0) is 12.8. The number of halogens is 1. The lowest BCUT2D eigenvalue weighted by Gasteiger charge is -2.13. The molecule has 0 N–H and O–H groups in total. The second-order valence-corrected chi connectivity index (χ2v) is 4.74. The van der Waals surface area contributed by atoms with Crippen LogP contribution in [-0.4, -0.2) is 32.4 Å². The second kappa shape index (κ2) is 6.85. The highest BCUT2D eigenvalue weighted by molar-refractivity contribution is 9.09. The molecule has 0 aromatic heterocycles. The minimum Gasteiger partial charge on any atom is -0.493 e. The van der Waals surface area contributed by atoms with Gasteiger partial charge in [0.25, 0.3) is 0 Å². The van der Waals surface area contributed by atoms with E-state index in [1.54, 1.807) is 7.11 Å². The number of ether oxygens (including phenoxy) is 4. The van der Waals surface area contributed by atoms with Gasteiger partial charge < -0.3 is 18.9 Å². The zero-order valence-corrected chi connectivity index (χ0v) is 12.0. The standard InChI is InChI=1S/C13H17BrO4/c1-15-9-18-12-7-10-3-6-17-11(10)8-13(12)16-5-2-4-14/h7-8H,2-6,9H2,1H3. The fourth-order valence-electron chi connectivity index (χ4n) is 1.77. The molecule has 5 heteroatoms. The Morgan fingerprint density at radius 3 is 2.89 bits per heavy atom. The lowest BCUT2D eigenvalue weighted by atomic mass is 10.1. The van der Waals surface area contributed by atoms with Gasteiger partial charge in [0.15, 0.2) is 18.3 Å². The first-order chi connectivity index (χ1) is 8.85. The van der Waals surface area contributed by atoms with Crippen LogP contribution in [0.2, 0.25) is 0 Å². The molecule has 1 aliphatic rings. The molecule has 0 aliphatic carbocycles. The van der Waals surface area contributed by atoms with Gasteiger partial charge in [0.05, 0.1) is 13.2 Å². The molecule has 2 rings (SSSR count). The fraction of sp³-hybridized carbons (Fsp3) is 0.538. The molecular weight excluding hydrogens is 300 g/mol. The molecule has 0 saturated carbocycles. The van der Waals surface area contributed by atoms with Gasteiger partial charge in [-0.1, -0.05) is 15.9 Å². The third-order valence-electron chi connectivity index (χ3n) is 2.62. The maximum Gasteiger partial charge on any atom is 0.188 e. The Bertz CT molecular complexity index is 395. The molecule has 1 aromatic carbocycles. The summed E-state index contributed by atoms with van der Waals surface area (Å²) in [6.07, 6.45) is 1.86. The van der Waals surface area contributed by atoms with E-state index < -0.39 is 0 Å². The topological polar surface area (TPSA) is 36.9 Å². The molecule has 4 nitrogen and oxygen atoms in total. The fourth-order valence-corrected chi connectivity index (χ4v) is 2.00. The zero-order valence-electron chi connectivity index (χ0n) is 10.4. The van der Waals surface area contributed by atoms with Gasteiger partial charge in [-0.25, -0.2) is 0 Å². The van der Waals surface area contributed by atoms with Crippen molar-refractivity contribution in [1.29, 1.82) is 0 Å². The molecule has 100 valence electrons. The summed E-state index contributed by atoms with van der Waals surface area (Å²) in [5.41, 5.74) is 1.16. The maximum atomic E-state index is 5.71. The van der Waals surface area contributed by atoms with E-state index in [9.17, 15) is 0 Å². The van der Waals surface area contributed by atoms with E-state index in [0.29, 0.717) is 12.4 Å². The average Bonchev–Trinajstić information content (AvgIpc) is 2.83. The molecule has 0 atom stereocenters. The molecule has 0 unspecified atom stereocenters. The highest BCUT2D eigenvalue weighted by Gasteiger charge is 2.17. The Morgan fingerprint density at radius 2 is 2.11 bits per heavy atom. The van der Waals surface area contributed by atoms with Crippen molar-refractivity contribution in [2.45, 2.75) is 12.8 Å². The van der Waals surface area contributed by atoms with Crippen LogP contribution in [0.3, 0.4) is 0 Å². The monoisotopic (exact) mass is 316 g/mol. The van der Waals surface area contributed by atoms with Crippen molar-refractivity contribution in [1.82, 2.24) is 0 Å². The van der Waals surface area contributed by atoms with Crippen LogP contribution >= 0.6 is 15.9 Å². The number of benzene rings is 1. The highest BCUT2D eigenvalue weighted by atomic mass is 79.9. The van der Waals surface area contributed by atoms with Crippen LogP contribution in [-0.2, 0) is 11.2 Å². The van der Waals surface area contributed by atoms with Gasteiger partial charge in [0.1, 0.15) is 5.75 Å². The van der Waals surface area contributed by atoms with Gasteiger partial charge in [0, 0.05) is 30.5 Å². The minimum absolute atomic E-state index is 0.217. The van der Waals surface area contributed by atoms with Gasteiger partial charge in [-0.15, -0.1) is 0 Å². The van der Waals surface area contributed by atoms with Crippen LogP contribution in [0.15, 0.2) is 12.1 Å². The van der Waals surface area contributed by atoms with Crippen molar-refractivity contribution in [3.8, 4) is 17.2 Å². The Morgan fingerprint density at radius 1 is 1.28 bits per heavy atom. The molecule has 1 heterocycles. The Labute approximate surface area is 115 Å². The van der Waals surface area contributed by atoms with Gasteiger partial charge in [0.2, 0.25) is 0 Å². The van der Waals surface area contributed by atoms with E-state index in [0.717, 1.165) is 41.8 Å². The lowest BCUT2D eigenvalue weighted by molar-refractivity contribution is 0.0485. The van der Waals surface area contributed by atoms with E-state index in [1.807, 2.05) is 12.1 Å². The first-order valence-electron chi connectivity index (χ1n) is 5.95. The molecule has 1 aromatic rings. The summed E-state index contributed by atoms with van der Waals surface area (Å²) in [4.78, 5) is 0. The van der Waals surface area contributed by atoms with E-state index in [2.05, 4.69) is 15.9 Å². The summed E-state index contributed by atoms with van der Waals surface area (Å²) in [5.74, 6) is 2.33. The normalized spacial score (nSPS) is 13.0. The molecule has 0 fully saturated rings. The highest BCUT2D eigenvalue weighted by Crippen LogP contribution is 2.37. The van der Waals surface area contributed by atoms with Crippen molar-refractivity contribution in [3.63, 3.8) is 0 Å². The molecule has 18 heavy (non-hydrogen) atoms. The first kappa shape index (κ1) is 13.5. The van der Waals surface area contributed by atoms with Crippen LogP contribution < -0.4 is 14.2 Å². The minimum atomic E-state index is 0.217. The first-order valence-corrected chi connectivity index (χ1v) is 7.07. The van der Waals surface area contributed by atoms with Crippen LogP contribution in [0.25, 0.3) is 0 Å². The van der Waals surface area contributed by atoms with Crippen LogP contribution in [0.5, 0.6) is 17.2 Å². The van der Waals surface area contributed by atoms with Crippen LogP contribution in [0.1, 0.15) is 12.0 Å². The number of hydrogen-bond donors (Lipinski definition) is 0. The molecule has 0 bridgehead atoms. The molecule has 0 saturated heterocycles. The van der Waals surface area contributed by atoms with Crippen molar-refractivity contribution in [2.24, 2.45) is 0 Å². The molecule has 0 radical (unpaired) electrons. The summed E-state index contributed by atoms with van der Waals surface area (Å²) in [6.45, 7) is 1.59. The van der Waals surface area contributed by atoms with Gasteiger partial charge in [-0.3, -0.25) is 0 Å². The van der Waals surface area contributed by atoms with E-state index in [4.69, 9.17) is 18.9 Å². The number of fused-ring (bicyclic) bond motifs is 1. The molecule has 0 amide bonds. The lowest BCUT2D eigenvalue weighted by Crippen LogP contribution is -2.04. The van der Waals surface area contributed by atoms with E-state index >= 15 is 0 Å². The maximum absolute atomic E-state index is 5.71. The smallest absolute Gasteiger partial charge is 0.188 e. The summed E-state index contributed by atoms with van der Waals surface area (Å²) in [6, 6.07) is 3.88. The van der Waals surface area contributed by atoms with Crippen molar-refractivity contribution in [2.75, 3.05) is 32.4 Å². The van der Waals surface area contributed by atoms with E-state index in [-0.39, 0.29) is 6.79 Å². The van der Waals surface area contributed by atoms with Crippen LogP contribution in [0, 0.1) is 0 Å². The summed E-state index contributed by atoms with van der Waals surface area (Å²) in [7, 11) is 1.60. The number of hydrogen-bond acceptors (Lipinski definition) is 4. The van der Waals surface area contributed by atoms with Crippen molar-refractivity contribution >= 4 is 15.9 Å². The summed E-state index contributed by atoms with van der Waals surface area (Å²) < 4.78 is 21.7. The predicted octanol–water partition coefficient (Wildman–Crippen LogP) is 2.77. The van der Waals surface area contributed by atoms with Gasteiger partial charge in [-0.2, -0.15) is 0 Å². The average molecular weight is 317 g/mol. The third kappa shape index (κ3) is 3.29. The Kier molecular flexibility index (Phi) is 5.13. The Balaban J connectivity index is 2.12. The SMILES string of the molecule is COCOc1cc2c(cc1OCCCBr)OCC2. The largest absolute Gasteiger partial charge is 0.493 e. The quantitative estimate of drug-likeness (QED) is 0.440. The summed E-state index contributed by atoms with van der Waals surface area (Å²) >= 11 is 3.38. The molecule has 1 aliphatic heterocycles. The number of rotatable bonds is 7. The van der Waals surface area contributed by atoms with Gasteiger partial charge >= 0.3 is 0 Å². The van der Waals surface area contributed by atoms with Gasteiger partial charge in [-0.05, 0) is 12.5 Å². The second-order valence-electron chi connectivity index (χ2n) is 3.95. The molecule has 0 spiro atoms. The Hall–Kier alpha value is -0.940. The number of methoxy groups -OCH3 is 1. The third-order valence-corrected chi connectivity index (χ3v) is 3.18. The molecular formula is C13H17BrO4. The van der Waals surface area contributed by atoms with Crippen LogP contribution in [0.4, 0.5) is 0 Å². The predicted molar refractivity (Wildman–Crippen MR) is 72.1 cm³/mol. The van der Waals surface area contributed by atoms with Crippen molar-refractivity contribution < 1.29 is 18.9 Å².